The normalized spacial score (nSPS) is 22.9. The first-order valence-electron chi connectivity index (χ1n) is 7.01. The molecule has 1 fully saturated rings. The van der Waals surface area contributed by atoms with Crippen LogP contribution in [-0.4, -0.2) is 24.1 Å². The van der Waals surface area contributed by atoms with Gasteiger partial charge in [-0.1, -0.05) is 6.92 Å². The van der Waals surface area contributed by atoms with E-state index < -0.39 is 0 Å². The zero-order valence-corrected chi connectivity index (χ0v) is 12.3. The van der Waals surface area contributed by atoms with E-state index >= 15 is 0 Å². The number of carbonyl (C=O) groups is 1. The summed E-state index contributed by atoms with van der Waals surface area (Å²) < 4.78 is 5.12. The number of hydrogen-bond donors (Lipinski definition) is 1. The number of aromatic nitrogens is 1. The molecular weight excluding hydrogens is 260 g/mol. The van der Waals surface area contributed by atoms with E-state index in [1.54, 1.807) is 11.3 Å². The van der Waals surface area contributed by atoms with Crippen LogP contribution in [0.4, 0.5) is 5.13 Å². The van der Waals surface area contributed by atoms with Crippen LogP contribution in [0.1, 0.15) is 49.6 Å². The van der Waals surface area contributed by atoms with E-state index in [1.807, 2.05) is 6.92 Å². The summed E-state index contributed by atoms with van der Waals surface area (Å²) in [6.07, 6.45) is 4.41. The summed E-state index contributed by atoms with van der Waals surface area (Å²) in [5, 5.41) is 4.39. The molecule has 0 radical (unpaired) electrons. The number of thiazole rings is 1. The average Bonchev–Trinajstić information content (AvgIpc) is 2.83. The molecule has 0 amide bonds. The smallest absolute Gasteiger partial charge is 0.315 e. The molecule has 3 rings (SSSR count). The van der Waals surface area contributed by atoms with E-state index in [4.69, 9.17) is 4.74 Å². The van der Waals surface area contributed by atoms with Crippen molar-refractivity contribution < 1.29 is 9.53 Å². The van der Waals surface area contributed by atoms with Gasteiger partial charge >= 0.3 is 5.97 Å². The molecule has 104 valence electrons. The van der Waals surface area contributed by atoms with E-state index in [1.165, 1.54) is 17.7 Å². The van der Waals surface area contributed by atoms with E-state index in [2.05, 4.69) is 17.2 Å². The standard InChI is InChI=1S/C14H20N2O2S/c1-3-18-12(17)9-4-5-10-11(9)16-13(19-10)15-8-14(2)6-7-14/h9H,3-8H2,1-2H3,(H,15,16). The molecule has 0 aliphatic heterocycles. The molecule has 1 unspecified atom stereocenters. The van der Waals surface area contributed by atoms with E-state index in [0.717, 1.165) is 30.2 Å². The number of fused-ring (bicyclic) bond motifs is 1. The van der Waals surface area contributed by atoms with Crippen LogP contribution < -0.4 is 5.32 Å². The number of carbonyl (C=O) groups excluding carboxylic acids is 1. The number of aryl methyl sites for hydroxylation is 1. The Hall–Kier alpha value is -1.10. The third-order valence-electron chi connectivity index (χ3n) is 4.06. The molecule has 1 aromatic heterocycles. The van der Waals surface area contributed by atoms with Crippen LogP contribution in [0.3, 0.4) is 0 Å². The molecule has 1 saturated carbocycles. The Morgan fingerprint density at radius 1 is 1.58 bits per heavy atom. The number of rotatable bonds is 5. The van der Waals surface area contributed by atoms with Crippen LogP contribution in [0, 0.1) is 5.41 Å². The first-order chi connectivity index (χ1) is 9.11. The van der Waals surface area contributed by atoms with Gasteiger partial charge in [-0.25, -0.2) is 4.98 Å². The quantitative estimate of drug-likeness (QED) is 0.843. The molecule has 5 heteroatoms. The van der Waals surface area contributed by atoms with E-state index in [-0.39, 0.29) is 11.9 Å². The van der Waals surface area contributed by atoms with Gasteiger partial charge in [0.2, 0.25) is 0 Å². The summed E-state index contributed by atoms with van der Waals surface area (Å²) in [4.78, 5) is 17.7. The van der Waals surface area contributed by atoms with Crippen LogP contribution in [0.15, 0.2) is 0 Å². The molecule has 0 spiro atoms. The third-order valence-corrected chi connectivity index (χ3v) is 5.15. The highest BCUT2D eigenvalue weighted by Gasteiger charge is 2.38. The summed E-state index contributed by atoms with van der Waals surface area (Å²) in [6.45, 7) is 5.57. The highest BCUT2D eigenvalue weighted by Crippen LogP contribution is 2.45. The first-order valence-corrected chi connectivity index (χ1v) is 7.83. The second kappa shape index (κ2) is 4.78. The lowest BCUT2D eigenvalue weighted by Crippen LogP contribution is -2.15. The number of nitrogens with zero attached hydrogens (tertiary/aromatic N) is 1. The van der Waals surface area contributed by atoms with Gasteiger partial charge < -0.3 is 10.1 Å². The number of ether oxygens (including phenoxy) is 1. The van der Waals surface area contributed by atoms with Gasteiger partial charge in [0, 0.05) is 11.4 Å². The van der Waals surface area contributed by atoms with Gasteiger partial charge in [0.1, 0.15) is 5.92 Å². The van der Waals surface area contributed by atoms with Crippen LogP contribution in [-0.2, 0) is 16.0 Å². The molecule has 1 heterocycles. The molecule has 0 bridgehead atoms. The molecule has 4 nitrogen and oxygen atoms in total. The van der Waals surface area contributed by atoms with Crippen molar-refractivity contribution in [2.75, 3.05) is 18.5 Å². The van der Waals surface area contributed by atoms with Crippen LogP contribution >= 0.6 is 11.3 Å². The minimum absolute atomic E-state index is 0.118. The number of anilines is 1. The largest absolute Gasteiger partial charge is 0.465 e. The SMILES string of the molecule is CCOC(=O)C1CCc2sc(NCC3(C)CC3)nc21. The van der Waals surface area contributed by atoms with Crippen molar-refractivity contribution in [1.82, 2.24) is 4.98 Å². The van der Waals surface area contributed by atoms with Crippen molar-refractivity contribution in [3.05, 3.63) is 10.6 Å². The van der Waals surface area contributed by atoms with Crippen LogP contribution in [0.25, 0.3) is 0 Å². The fraction of sp³-hybridized carbons (Fsp3) is 0.714. The number of nitrogens with one attached hydrogen (secondary N) is 1. The summed E-state index contributed by atoms with van der Waals surface area (Å²) in [5.74, 6) is -0.259. The van der Waals surface area contributed by atoms with Crippen molar-refractivity contribution in [3.8, 4) is 0 Å². The highest BCUT2D eigenvalue weighted by molar-refractivity contribution is 7.15. The lowest BCUT2D eigenvalue weighted by molar-refractivity contribution is -0.145. The van der Waals surface area contributed by atoms with Crippen molar-refractivity contribution in [1.29, 1.82) is 0 Å². The van der Waals surface area contributed by atoms with Crippen molar-refractivity contribution in [2.24, 2.45) is 5.41 Å². The molecule has 2 aliphatic carbocycles. The topological polar surface area (TPSA) is 51.2 Å². The monoisotopic (exact) mass is 280 g/mol. The Morgan fingerprint density at radius 3 is 3.05 bits per heavy atom. The lowest BCUT2D eigenvalue weighted by atomic mass is 10.1. The van der Waals surface area contributed by atoms with Gasteiger partial charge in [0.15, 0.2) is 5.13 Å². The molecule has 19 heavy (non-hydrogen) atoms. The Bertz CT molecular complexity index is 494. The van der Waals surface area contributed by atoms with E-state index in [9.17, 15) is 4.79 Å². The Kier molecular flexibility index (Phi) is 3.25. The molecule has 2 aliphatic rings. The molecule has 0 aromatic carbocycles. The zero-order chi connectivity index (χ0) is 13.5. The lowest BCUT2D eigenvalue weighted by Gasteiger charge is -2.09. The Labute approximate surface area is 117 Å². The third kappa shape index (κ3) is 2.61. The van der Waals surface area contributed by atoms with Crippen LogP contribution in [0.2, 0.25) is 0 Å². The molecule has 1 N–H and O–H groups in total. The number of hydrogen-bond acceptors (Lipinski definition) is 5. The van der Waals surface area contributed by atoms with Gasteiger partial charge in [0.05, 0.1) is 12.3 Å². The van der Waals surface area contributed by atoms with Gasteiger partial charge in [-0.15, -0.1) is 11.3 Å². The van der Waals surface area contributed by atoms with Gasteiger partial charge in [-0.3, -0.25) is 4.79 Å². The van der Waals surface area contributed by atoms with Gasteiger partial charge in [-0.05, 0) is 38.0 Å². The average molecular weight is 280 g/mol. The van der Waals surface area contributed by atoms with Crippen molar-refractivity contribution in [2.45, 2.75) is 45.4 Å². The zero-order valence-electron chi connectivity index (χ0n) is 11.5. The maximum Gasteiger partial charge on any atom is 0.315 e. The minimum Gasteiger partial charge on any atom is -0.465 e. The summed E-state index contributed by atoms with van der Waals surface area (Å²) in [5.41, 5.74) is 1.42. The fourth-order valence-corrected chi connectivity index (χ4v) is 3.49. The summed E-state index contributed by atoms with van der Waals surface area (Å²) >= 11 is 1.70. The number of esters is 1. The van der Waals surface area contributed by atoms with Crippen LogP contribution in [0.5, 0.6) is 0 Å². The van der Waals surface area contributed by atoms with Crippen molar-refractivity contribution in [3.63, 3.8) is 0 Å². The Morgan fingerprint density at radius 2 is 2.37 bits per heavy atom. The molecule has 1 atom stereocenters. The second-order valence-corrected chi connectivity index (χ2v) is 6.92. The second-order valence-electron chi connectivity index (χ2n) is 5.83. The van der Waals surface area contributed by atoms with E-state index in [0.29, 0.717) is 12.0 Å². The molecule has 1 aromatic rings. The highest BCUT2D eigenvalue weighted by atomic mass is 32.1. The van der Waals surface area contributed by atoms with Crippen molar-refractivity contribution >= 4 is 22.4 Å². The molecule has 0 saturated heterocycles. The predicted molar refractivity (Wildman–Crippen MR) is 75.6 cm³/mol. The molecular formula is C14H20N2O2S. The minimum atomic E-state index is -0.140. The predicted octanol–water partition coefficient (Wildman–Crippen LogP) is 2.95. The first kappa shape index (κ1) is 12.9. The maximum atomic E-state index is 11.9. The summed E-state index contributed by atoms with van der Waals surface area (Å²) in [6, 6.07) is 0. The fourth-order valence-electron chi connectivity index (χ4n) is 2.45. The van der Waals surface area contributed by atoms with Gasteiger partial charge in [0.25, 0.3) is 0 Å². The van der Waals surface area contributed by atoms with Gasteiger partial charge in [-0.2, -0.15) is 0 Å². The summed E-state index contributed by atoms with van der Waals surface area (Å²) in [7, 11) is 0. The Balaban J connectivity index is 1.67. The maximum absolute atomic E-state index is 11.9.